The Balaban J connectivity index is 1.79. The third-order valence-corrected chi connectivity index (χ3v) is 3.88. The van der Waals surface area contributed by atoms with E-state index < -0.39 is 0 Å². The molecule has 0 aromatic heterocycles. The van der Waals surface area contributed by atoms with Crippen molar-refractivity contribution >= 4 is 0 Å². The molecular formula is C18H17NO2. The Kier molecular flexibility index (Phi) is 3.89. The van der Waals surface area contributed by atoms with Gasteiger partial charge in [0.05, 0.1) is 17.7 Å². The predicted octanol–water partition coefficient (Wildman–Crippen LogP) is 3.51. The highest BCUT2D eigenvalue weighted by Gasteiger charge is 2.20. The monoisotopic (exact) mass is 279 g/mol. The Morgan fingerprint density at radius 1 is 1.24 bits per heavy atom. The van der Waals surface area contributed by atoms with E-state index in [1.54, 1.807) is 6.07 Å². The Morgan fingerprint density at radius 2 is 2.10 bits per heavy atom. The van der Waals surface area contributed by atoms with Gasteiger partial charge in [0.15, 0.2) is 0 Å². The Hall–Kier alpha value is -2.31. The van der Waals surface area contributed by atoms with Crippen LogP contribution in [0, 0.1) is 11.3 Å². The maximum absolute atomic E-state index is 10.0. The van der Waals surface area contributed by atoms with E-state index in [9.17, 15) is 5.11 Å². The highest BCUT2D eigenvalue weighted by atomic mass is 16.5. The summed E-state index contributed by atoms with van der Waals surface area (Å²) < 4.78 is 5.92. The molecule has 0 fully saturated rings. The van der Waals surface area contributed by atoms with Gasteiger partial charge in [-0.15, -0.1) is 0 Å². The molecule has 2 aromatic carbocycles. The van der Waals surface area contributed by atoms with E-state index in [1.165, 1.54) is 0 Å². The summed E-state index contributed by atoms with van der Waals surface area (Å²) in [7, 11) is 0. The molecule has 1 aliphatic rings. The predicted molar refractivity (Wildman–Crippen MR) is 79.8 cm³/mol. The lowest BCUT2D eigenvalue weighted by molar-refractivity contribution is 0.155. The largest absolute Gasteiger partial charge is 0.489 e. The van der Waals surface area contributed by atoms with Gasteiger partial charge in [-0.2, -0.15) is 5.26 Å². The van der Waals surface area contributed by atoms with Gasteiger partial charge in [-0.3, -0.25) is 0 Å². The minimum atomic E-state index is -0.376. The van der Waals surface area contributed by atoms with Crippen LogP contribution in [0.3, 0.4) is 0 Å². The molecule has 0 bridgehead atoms. The van der Waals surface area contributed by atoms with Crippen molar-refractivity contribution in [3.63, 3.8) is 0 Å². The number of aliphatic hydroxyl groups excluding tert-OH is 1. The minimum Gasteiger partial charge on any atom is -0.489 e. The second kappa shape index (κ2) is 5.99. The van der Waals surface area contributed by atoms with Crippen molar-refractivity contribution in [2.75, 3.05) is 0 Å². The molecule has 3 heteroatoms. The number of ether oxygens (including phenoxy) is 1. The lowest BCUT2D eigenvalue weighted by Crippen LogP contribution is -2.11. The highest BCUT2D eigenvalue weighted by Crippen LogP contribution is 2.35. The van der Waals surface area contributed by atoms with E-state index in [1.807, 2.05) is 36.4 Å². The number of benzene rings is 2. The molecular weight excluding hydrogens is 262 g/mol. The molecule has 3 nitrogen and oxygen atoms in total. The van der Waals surface area contributed by atoms with Gasteiger partial charge in [-0.25, -0.2) is 0 Å². The summed E-state index contributed by atoms with van der Waals surface area (Å²) in [6.45, 7) is 0.433. The number of aliphatic hydroxyl groups is 1. The van der Waals surface area contributed by atoms with Crippen molar-refractivity contribution in [1.82, 2.24) is 0 Å². The van der Waals surface area contributed by atoms with Gasteiger partial charge < -0.3 is 9.84 Å². The molecule has 3 rings (SSSR count). The van der Waals surface area contributed by atoms with Gasteiger partial charge in [0.1, 0.15) is 12.4 Å². The summed E-state index contributed by atoms with van der Waals surface area (Å²) in [5.41, 5.74) is 3.72. The molecule has 1 N–H and O–H groups in total. The molecule has 0 spiro atoms. The van der Waals surface area contributed by atoms with Crippen molar-refractivity contribution in [2.24, 2.45) is 0 Å². The molecule has 0 heterocycles. The van der Waals surface area contributed by atoms with Crippen molar-refractivity contribution in [3.05, 3.63) is 64.7 Å². The number of rotatable bonds is 3. The number of fused-ring (bicyclic) bond motifs is 1. The number of hydrogen-bond acceptors (Lipinski definition) is 3. The molecule has 21 heavy (non-hydrogen) atoms. The smallest absolute Gasteiger partial charge is 0.123 e. The Labute approximate surface area is 124 Å². The summed E-state index contributed by atoms with van der Waals surface area (Å²) in [4.78, 5) is 0. The summed E-state index contributed by atoms with van der Waals surface area (Å²) in [6, 6.07) is 15.4. The summed E-state index contributed by atoms with van der Waals surface area (Å²) in [5.74, 6) is 0.841. The van der Waals surface area contributed by atoms with E-state index in [4.69, 9.17) is 10.00 Å². The minimum absolute atomic E-state index is 0.376. The van der Waals surface area contributed by atoms with Gasteiger partial charge in [0.2, 0.25) is 0 Å². The van der Waals surface area contributed by atoms with Crippen LogP contribution in [0.2, 0.25) is 0 Å². The standard InChI is InChI=1S/C18H17NO2/c19-11-13-4-1-5-14(10-13)12-21-18-9-3-6-15-16(18)7-2-8-17(15)20/h1,3-6,9-10,17,20H,2,7-8,12H2. The summed E-state index contributed by atoms with van der Waals surface area (Å²) in [5, 5.41) is 19.0. The van der Waals surface area contributed by atoms with Gasteiger partial charge in [0.25, 0.3) is 0 Å². The fraction of sp³-hybridized carbons (Fsp3) is 0.278. The summed E-state index contributed by atoms with van der Waals surface area (Å²) in [6.07, 6.45) is 2.37. The molecule has 0 amide bonds. The maximum atomic E-state index is 10.0. The van der Waals surface area contributed by atoms with E-state index in [0.717, 1.165) is 41.7 Å². The zero-order chi connectivity index (χ0) is 14.7. The zero-order valence-electron chi connectivity index (χ0n) is 11.7. The third-order valence-electron chi connectivity index (χ3n) is 3.88. The van der Waals surface area contributed by atoms with Crippen LogP contribution in [-0.2, 0) is 13.0 Å². The quantitative estimate of drug-likeness (QED) is 0.935. The zero-order valence-corrected chi connectivity index (χ0v) is 11.7. The van der Waals surface area contributed by atoms with Crippen LogP contribution >= 0.6 is 0 Å². The number of nitriles is 1. The van der Waals surface area contributed by atoms with Crippen LogP contribution < -0.4 is 4.74 Å². The molecule has 0 saturated carbocycles. The van der Waals surface area contributed by atoms with Crippen LogP contribution in [0.25, 0.3) is 0 Å². The van der Waals surface area contributed by atoms with Crippen LogP contribution in [0.15, 0.2) is 42.5 Å². The van der Waals surface area contributed by atoms with E-state index in [-0.39, 0.29) is 6.10 Å². The lowest BCUT2D eigenvalue weighted by Gasteiger charge is -2.23. The van der Waals surface area contributed by atoms with Crippen molar-refractivity contribution in [2.45, 2.75) is 32.0 Å². The van der Waals surface area contributed by atoms with Crippen LogP contribution in [-0.4, -0.2) is 5.11 Å². The molecule has 2 aromatic rings. The van der Waals surface area contributed by atoms with Crippen molar-refractivity contribution in [3.8, 4) is 11.8 Å². The van der Waals surface area contributed by atoms with E-state index in [0.29, 0.717) is 12.2 Å². The molecule has 1 aliphatic carbocycles. The van der Waals surface area contributed by atoms with E-state index >= 15 is 0 Å². The molecule has 1 unspecified atom stereocenters. The van der Waals surface area contributed by atoms with Crippen LogP contribution in [0.4, 0.5) is 0 Å². The first kappa shape index (κ1) is 13.7. The number of nitrogens with zero attached hydrogens (tertiary/aromatic N) is 1. The molecule has 0 saturated heterocycles. The maximum Gasteiger partial charge on any atom is 0.123 e. The molecule has 0 radical (unpaired) electrons. The first-order chi connectivity index (χ1) is 10.3. The fourth-order valence-electron chi connectivity index (χ4n) is 2.82. The summed E-state index contributed by atoms with van der Waals surface area (Å²) >= 11 is 0. The molecule has 106 valence electrons. The van der Waals surface area contributed by atoms with Gasteiger partial charge >= 0.3 is 0 Å². The number of hydrogen-bond donors (Lipinski definition) is 1. The highest BCUT2D eigenvalue weighted by molar-refractivity contribution is 5.43. The first-order valence-electron chi connectivity index (χ1n) is 7.19. The Bertz CT molecular complexity index is 688. The van der Waals surface area contributed by atoms with Crippen LogP contribution in [0.1, 0.15) is 41.2 Å². The lowest BCUT2D eigenvalue weighted by atomic mass is 9.89. The first-order valence-corrected chi connectivity index (χ1v) is 7.19. The van der Waals surface area contributed by atoms with Gasteiger partial charge in [-0.05, 0) is 54.2 Å². The third kappa shape index (κ3) is 2.91. The topological polar surface area (TPSA) is 53.2 Å². The Morgan fingerprint density at radius 3 is 2.95 bits per heavy atom. The van der Waals surface area contributed by atoms with Crippen molar-refractivity contribution in [1.29, 1.82) is 5.26 Å². The normalized spacial score (nSPS) is 16.9. The average Bonchev–Trinajstić information content (AvgIpc) is 2.53. The SMILES string of the molecule is N#Cc1cccc(COc2cccc3c2CCCC3O)c1. The van der Waals surface area contributed by atoms with Gasteiger partial charge in [-0.1, -0.05) is 24.3 Å². The molecule has 0 aliphatic heterocycles. The van der Waals surface area contributed by atoms with E-state index in [2.05, 4.69) is 6.07 Å². The van der Waals surface area contributed by atoms with Crippen LogP contribution in [0.5, 0.6) is 5.75 Å². The van der Waals surface area contributed by atoms with Gasteiger partial charge in [0, 0.05) is 0 Å². The second-order valence-electron chi connectivity index (χ2n) is 5.33. The second-order valence-corrected chi connectivity index (χ2v) is 5.33. The van der Waals surface area contributed by atoms with Crippen molar-refractivity contribution < 1.29 is 9.84 Å². The molecule has 1 atom stereocenters. The fourth-order valence-corrected chi connectivity index (χ4v) is 2.82. The average molecular weight is 279 g/mol.